The Hall–Kier alpha value is -0.920. The summed E-state index contributed by atoms with van der Waals surface area (Å²) < 4.78 is 7.48. The molecule has 100 valence electrons. The summed E-state index contributed by atoms with van der Waals surface area (Å²) in [4.78, 5) is 13.8. The molecule has 2 heterocycles. The van der Waals surface area contributed by atoms with Gasteiger partial charge in [0.2, 0.25) is 0 Å². The Morgan fingerprint density at radius 1 is 1.72 bits per heavy atom. The molecule has 1 atom stereocenters. The average molecular weight is 317 g/mol. The molecular weight excluding hydrogens is 300 g/mol. The van der Waals surface area contributed by atoms with Crippen molar-refractivity contribution >= 4 is 21.6 Å². The maximum atomic E-state index is 11.8. The summed E-state index contributed by atoms with van der Waals surface area (Å²) in [5.74, 6) is 0. The third kappa shape index (κ3) is 2.90. The summed E-state index contributed by atoms with van der Waals surface area (Å²) in [6.07, 6.45) is 1.82. The van der Waals surface area contributed by atoms with E-state index in [1.54, 1.807) is 13.2 Å². The SMILES string of the molecule is CN(CC1CNCCO1)c1cnn(C)c(=O)c1Br. The highest BCUT2D eigenvalue weighted by atomic mass is 79.9. The molecule has 0 aliphatic carbocycles. The Kier molecular flexibility index (Phi) is 4.36. The van der Waals surface area contributed by atoms with Gasteiger partial charge in [0.1, 0.15) is 4.47 Å². The van der Waals surface area contributed by atoms with Crippen LogP contribution in [0.25, 0.3) is 0 Å². The fourth-order valence-electron chi connectivity index (χ4n) is 1.91. The quantitative estimate of drug-likeness (QED) is 0.848. The van der Waals surface area contributed by atoms with Crippen molar-refractivity contribution in [2.75, 3.05) is 38.2 Å². The van der Waals surface area contributed by atoms with E-state index >= 15 is 0 Å². The van der Waals surface area contributed by atoms with Gasteiger partial charge in [0.25, 0.3) is 5.56 Å². The van der Waals surface area contributed by atoms with E-state index in [9.17, 15) is 4.79 Å². The summed E-state index contributed by atoms with van der Waals surface area (Å²) in [6.45, 7) is 3.19. The highest BCUT2D eigenvalue weighted by Crippen LogP contribution is 2.20. The minimum Gasteiger partial charge on any atom is -0.374 e. The number of likely N-dealkylation sites (N-methyl/N-ethyl adjacent to an activating group) is 1. The molecule has 1 aromatic heterocycles. The number of hydrogen-bond donors (Lipinski definition) is 1. The van der Waals surface area contributed by atoms with Crippen molar-refractivity contribution in [3.8, 4) is 0 Å². The predicted molar refractivity (Wildman–Crippen MR) is 73.1 cm³/mol. The number of nitrogens with one attached hydrogen (secondary N) is 1. The molecular formula is C11H17BrN4O2. The first-order valence-corrected chi connectivity index (χ1v) is 6.64. The van der Waals surface area contributed by atoms with E-state index in [1.807, 2.05) is 11.9 Å². The van der Waals surface area contributed by atoms with Crippen molar-refractivity contribution in [3.63, 3.8) is 0 Å². The maximum Gasteiger partial charge on any atom is 0.282 e. The minimum absolute atomic E-state index is 0.137. The smallest absolute Gasteiger partial charge is 0.282 e. The molecule has 0 radical (unpaired) electrons. The van der Waals surface area contributed by atoms with Crippen molar-refractivity contribution in [1.82, 2.24) is 15.1 Å². The first-order chi connectivity index (χ1) is 8.59. The van der Waals surface area contributed by atoms with E-state index in [2.05, 4.69) is 26.3 Å². The van der Waals surface area contributed by atoms with Gasteiger partial charge in [0.05, 0.1) is 24.6 Å². The van der Waals surface area contributed by atoms with Gasteiger partial charge in [-0.2, -0.15) is 5.10 Å². The van der Waals surface area contributed by atoms with Crippen molar-refractivity contribution < 1.29 is 4.74 Å². The molecule has 1 aliphatic rings. The molecule has 0 bridgehead atoms. The van der Waals surface area contributed by atoms with Gasteiger partial charge in [-0.05, 0) is 15.9 Å². The molecule has 1 unspecified atom stereocenters. The molecule has 7 heteroatoms. The standard InChI is InChI=1S/C11H17BrN4O2/c1-15(7-8-5-13-3-4-18-8)9-6-14-16(2)11(17)10(9)12/h6,8,13H,3-5,7H2,1-2H3. The van der Waals surface area contributed by atoms with E-state index in [1.165, 1.54) is 4.68 Å². The van der Waals surface area contributed by atoms with E-state index in [4.69, 9.17) is 4.74 Å². The molecule has 18 heavy (non-hydrogen) atoms. The van der Waals surface area contributed by atoms with Crippen LogP contribution < -0.4 is 15.8 Å². The van der Waals surface area contributed by atoms with E-state index < -0.39 is 0 Å². The Labute approximate surface area is 114 Å². The molecule has 0 saturated carbocycles. The van der Waals surface area contributed by atoms with Crippen LogP contribution >= 0.6 is 15.9 Å². The van der Waals surface area contributed by atoms with Gasteiger partial charge in [-0.25, -0.2) is 4.68 Å². The Bertz CT molecular complexity index is 471. The van der Waals surface area contributed by atoms with Crippen LogP contribution in [0.4, 0.5) is 5.69 Å². The molecule has 1 N–H and O–H groups in total. The molecule has 1 saturated heterocycles. The summed E-state index contributed by atoms with van der Waals surface area (Å²) in [5.41, 5.74) is 0.648. The number of rotatable bonds is 3. The lowest BCUT2D eigenvalue weighted by molar-refractivity contribution is 0.0340. The molecule has 0 aromatic carbocycles. The fraction of sp³-hybridized carbons (Fsp3) is 0.636. The van der Waals surface area contributed by atoms with E-state index in [0.29, 0.717) is 4.47 Å². The van der Waals surface area contributed by atoms with E-state index in [0.717, 1.165) is 31.9 Å². The Morgan fingerprint density at radius 2 is 2.50 bits per heavy atom. The number of aromatic nitrogens is 2. The Morgan fingerprint density at radius 3 is 3.17 bits per heavy atom. The largest absolute Gasteiger partial charge is 0.374 e. The zero-order valence-electron chi connectivity index (χ0n) is 10.5. The Balaban J connectivity index is 2.11. The lowest BCUT2D eigenvalue weighted by Gasteiger charge is -2.29. The van der Waals surface area contributed by atoms with Crippen molar-refractivity contribution in [2.45, 2.75) is 6.10 Å². The zero-order chi connectivity index (χ0) is 13.1. The normalized spacial score (nSPS) is 19.8. The van der Waals surface area contributed by atoms with Crippen LogP contribution in [0.1, 0.15) is 0 Å². The first-order valence-electron chi connectivity index (χ1n) is 5.85. The van der Waals surface area contributed by atoms with Gasteiger partial charge in [0, 0.05) is 33.7 Å². The molecule has 0 amide bonds. The summed E-state index contributed by atoms with van der Waals surface area (Å²) in [7, 11) is 3.56. The van der Waals surface area contributed by atoms with Gasteiger partial charge in [-0.1, -0.05) is 0 Å². The number of aryl methyl sites for hydroxylation is 1. The number of hydrogen-bond acceptors (Lipinski definition) is 5. The van der Waals surface area contributed by atoms with Crippen molar-refractivity contribution in [1.29, 1.82) is 0 Å². The lowest BCUT2D eigenvalue weighted by atomic mass is 10.2. The topological polar surface area (TPSA) is 59.4 Å². The number of ether oxygens (including phenoxy) is 1. The second kappa shape index (κ2) is 5.81. The van der Waals surface area contributed by atoms with Gasteiger partial charge in [0.15, 0.2) is 0 Å². The first kappa shape index (κ1) is 13.5. The average Bonchev–Trinajstić information content (AvgIpc) is 2.37. The second-order valence-corrected chi connectivity index (χ2v) is 5.14. The van der Waals surface area contributed by atoms with Crippen LogP contribution in [0, 0.1) is 0 Å². The van der Waals surface area contributed by atoms with Gasteiger partial charge < -0.3 is 15.0 Å². The van der Waals surface area contributed by atoms with Crippen molar-refractivity contribution in [3.05, 3.63) is 21.0 Å². The summed E-state index contributed by atoms with van der Waals surface area (Å²) in [6, 6.07) is 0. The van der Waals surface area contributed by atoms with Crippen LogP contribution in [-0.2, 0) is 11.8 Å². The minimum atomic E-state index is -0.137. The molecule has 0 spiro atoms. The molecule has 2 rings (SSSR count). The van der Waals surface area contributed by atoms with Crippen LogP contribution in [0.2, 0.25) is 0 Å². The lowest BCUT2D eigenvalue weighted by Crippen LogP contribution is -2.44. The summed E-state index contributed by atoms with van der Waals surface area (Å²) in [5, 5.41) is 7.31. The van der Waals surface area contributed by atoms with Crippen LogP contribution in [-0.4, -0.2) is 49.2 Å². The molecule has 6 nitrogen and oxygen atoms in total. The zero-order valence-corrected chi connectivity index (χ0v) is 12.1. The van der Waals surface area contributed by atoms with Crippen molar-refractivity contribution in [2.24, 2.45) is 7.05 Å². The third-order valence-electron chi connectivity index (χ3n) is 2.95. The van der Waals surface area contributed by atoms with Gasteiger partial charge in [-0.15, -0.1) is 0 Å². The van der Waals surface area contributed by atoms with Crippen LogP contribution in [0.3, 0.4) is 0 Å². The monoisotopic (exact) mass is 316 g/mol. The highest BCUT2D eigenvalue weighted by Gasteiger charge is 2.18. The molecule has 1 fully saturated rings. The van der Waals surface area contributed by atoms with Gasteiger partial charge in [-0.3, -0.25) is 4.79 Å². The highest BCUT2D eigenvalue weighted by molar-refractivity contribution is 9.10. The molecule has 1 aliphatic heterocycles. The van der Waals surface area contributed by atoms with Crippen LogP contribution in [0.5, 0.6) is 0 Å². The number of nitrogens with zero attached hydrogens (tertiary/aromatic N) is 3. The summed E-state index contributed by atoms with van der Waals surface area (Å²) >= 11 is 3.32. The number of anilines is 1. The molecule has 1 aromatic rings. The second-order valence-electron chi connectivity index (χ2n) is 4.35. The number of halogens is 1. The van der Waals surface area contributed by atoms with Crippen LogP contribution in [0.15, 0.2) is 15.5 Å². The number of morpholine rings is 1. The third-order valence-corrected chi connectivity index (χ3v) is 3.70. The van der Waals surface area contributed by atoms with E-state index in [-0.39, 0.29) is 11.7 Å². The maximum absolute atomic E-state index is 11.8. The van der Waals surface area contributed by atoms with Gasteiger partial charge >= 0.3 is 0 Å². The fourth-order valence-corrected chi connectivity index (χ4v) is 2.57. The predicted octanol–water partition coefficient (Wildman–Crippen LogP) is -0.0326.